The Morgan fingerprint density at radius 1 is 1.25 bits per heavy atom. The molecule has 0 heterocycles. The Bertz CT molecular complexity index is 357. The summed E-state index contributed by atoms with van der Waals surface area (Å²) < 4.78 is 24.7. The van der Waals surface area contributed by atoms with E-state index in [0.29, 0.717) is 4.90 Å². The molecule has 0 fully saturated rings. The fraction of sp³-hybridized carbons (Fsp3) is 0.143. The number of hydrogen-bond acceptors (Lipinski definition) is 2. The van der Waals surface area contributed by atoms with Gasteiger partial charge in [-0.1, -0.05) is 17.6 Å². The normalized spacial score (nSPS) is 11.4. The molecule has 1 rings (SSSR count). The minimum atomic E-state index is -3.26. The smallest absolute Gasteiger partial charge is 0.214 e. The molecule has 0 aliphatic heterocycles. The van der Waals surface area contributed by atoms with Crippen molar-refractivity contribution in [3.8, 4) is 0 Å². The highest BCUT2D eigenvalue weighted by Crippen LogP contribution is 2.04. The Hall–Kier alpha value is -0.805. The maximum absolute atomic E-state index is 11.2. The van der Waals surface area contributed by atoms with Crippen molar-refractivity contribution < 1.29 is 8.42 Å². The lowest BCUT2D eigenvalue weighted by Gasteiger charge is -2.01. The molecule has 1 aromatic rings. The van der Waals surface area contributed by atoms with E-state index >= 15 is 0 Å². The predicted octanol–water partition coefficient (Wildman–Crippen LogP) is -1.15. The van der Waals surface area contributed by atoms with Crippen LogP contribution in [0.4, 0.5) is 0 Å². The highest BCUT2D eigenvalue weighted by Gasteiger charge is 2.08. The van der Waals surface area contributed by atoms with Crippen molar-refractivity contribution in [2.24, 2.45) is 0 Å². The molecular formula is C7H10BNO2S. The summed E-state index contributed by atoms with van der Waals surface area (Å²) in [5, 5.41) is 0. The summed E-state index contributed by atoms with van der Waals surface area (Å²) in [6.45, 7) is 0. The largest absolute Gasteiger partial charge is 0.240 e. The van der Waals surface area contributed by atoms with Crippen LogP contribution in [0.15, 0.2) is 29.2 Å². The summed E-state index contributed by atoms with van der Waals surface area (Å²) in [6.07, 6.45) is 0. The van der Waals surface area contributed by atoms with E-state index in [4.69, 9.17) is 0 Å². The maximum Gasteiger partial charge on any atom is 0.240 e. The fourth-order valence-electron chi connectivity index (χ4n) is 0.835. The number of rotatable bonds is 2. The molecule has 3 nitrogen and oxygen atoms in total. The zero-order valence-electron chi connectivity index (χ0n) is 7.03. The lowest BCUT2D eigenvalue weighted by molar-refractivity contribution is 0.588. The Balaban J connectivity index is 3.14. The highest BCUT2D eigenvalue weighted by atomic mass is 32.2. The van der Waals surface area contributed by atoms with Crippen molar-refractivity contribution in [1.82, 2.24) is 4.72 Å². The van der Waals surface area contributed by atoms with Crippen LogP contribution < -0.4 is 10.2 Å². The van der Waals surface area contributed by atoms with Crippen LogP contribution in [0, 0.1) is 0 Å². The van der Waals surface area contributed by atoms with Gasteiger partial charge in [-0.3, -0.25) is 0 Å². The van der Waals surface area contributed by atoms with Gasteiger partial charge >= 0.3 is 0 Å². The van der Waals surface area contributed by atoms with Gasteiger partial charge in [0, 0.05) is 0 Å². The third-order valence-electron chi connectivity index (χ3n) is 1.60. The van der Waals surface area contributed by atoms with Crippen molar-refractivity contribution in [3.05, 3.63) is 24.3 Å². The Morgan fingerprint density at radius 2 is 1.75 bits per heavy atom. The second-order valence-electron chi connectivity index (χ2n) is 2.52. The average Bonchev–Trinajstić information content (AvgIpc) is 2.05. The van der Waals surface area contributed by atoms with E-state index in [1.54, 1.807) is 24.3 Å². The summed E-state index contributed by atoms with van der Waals surface area (Å²) in [7, 11) is 0.0455. The average molecular weight is 183 g/mol. The van der Waals surface area contributed by atoms with Gasteiger partial charge in [0.1, 0.15) is 7.85 Å². The molecule has 0 unspecified atom stereocenters. The molecule has 0 aliphatic rings. The van der Waals surface area contributed by atoms with Crippen molar-refractivity contribution in [1.29, 1.82) is 0 Å². The van der Waals surface area contributed by atoms with E-state index in [1.807, 2.05) is 7.85 Å². The first kappa shape index (κ1) is 9.28. The van der Waals surface area contributed by atoms with Gasteiger partial charge in [-0.15, -0.1) is 0 Å². The van der Waals surface area contributed by atoms with Crippen molar-refractivity contribution in [3.63, 3.8) is 0 Å². The highest BCUT2D eigenvalue weighted by molar-refractivity contribution is 7.89. The first-order chi connectivity index (χ1) is 5.56. The number of hydrogen-bond donors (Lipinski definition) is 1. The van der Waals surface area contributed by atoms with Gasteiger partial charge in [-0.2, -0.15) is 0 Å². The molecule has 1 aromatic carbocycles. The minimum Gasteiger partial charge on any atom is -0.214 e. The number of sulfonamides is 1. The van der Waals surface area contributed by atoms with Gasteiger partial charge in [0.2, 0.25) is 10.0 Å². The van der Waals surface area contributed by atoms with E-state index in [9.17, 15) is 8.42 Å². The van der Waals surface area contributed by atoms with E-state index < -0.39 is 10.0 Å². The van der Waals surface area contributed by atoms with E-state index in [2.05, 4.69) is 4.72 Å². The molecule has 0 amide bonds. The Morgan fingerprint density at radius 3 is 2.17 bits per heavy atom. The van der Waals surface area contributed by atoms with Crippen LogP contribution in [0.3, 0.4) is 0 Å². The molecule has 0 saturated heterocycles. The van der Waals surface area contributed by atoms with Gasteiger partial charge in [-0.25, -0.2) is 13.1 Å². The van der Waals surface area contributed by atoms with Crippen molar-refractivity contribution in [2.75, 3.05) is 7.05 Å². The van der Waals surface area contributed by atoms with Crippen LogP contribution in [0.1, 0.15) is 0 Å². The van der Waals surface area contributed by atoms with Crippen molar-refractivity contribution in [2.45, 2.75) is 4.90 Å². The first-order valence-corrected chi connectivity index (χ1v) is 5.05. The molecule has 0 atom stereocenters. The monoisotopic (exact) mass is 183 g/mol. The van der Waals surface area contributed by atoms with Crippen LogP contribution in [-0.2, 0) is 10.0 Å². The quantitative estimate of drug-likeness (QED) is 0.588. The second kappa shape index (κ2) is 3.29. The summed E-state index contributed by atoms with van der Waals surface area (Å²) in [5.74, 6) is 0. The molecule has 0 bridgehead atoms. The summed E-state index contributed by atoms with van der Waals surface area (Å²) >= 11 is 0. The summed E-state index contributed by atoms with van der Waals surface area (Å²) in [4.78, 5) is 0.301. The molecule has 0 aromatic heterocycles. The zero-order valence-corrected chi connectivity index (χ0v) is 7.85. The third-order valence-corrected chi connectivity index (χ3v) is 3.03. The molecule has 0 spiro atoms. The summed E-state index contributed by atoms with van der Waals surface area (Å²) in [6, 6.07) is 6.71. The molecule has 5 heteroatoms. The SMILES string of the molecule is Bc1ccc(S(=O)(=O)NC)cc1. The lowest BCUT2D eigenvalue weighted by atomic mass is 9.97. The second-order valence-corrected chi connectivity index (χ2v) is 4.41. The molecule has 1 N–H and O–H groups in total. The molecule has 0 saturated carbocycles. The van der Waals surface area contributed by atoms with Crippen LogP contribution in [-0.4, -0.2) is 23.3 Å². The van der Waals surface area contributed by atoms with Crippen LogP contribution in [0.2, 0.25) is 0 Å². The van der Waals surface area contributed by atoms with E-state index in [0.717, 1.165) is 5.46 Å². The van der Waals surface area contributed by atoms with Gasteiger partial charge in [0.15, 0.2) is 0 Å². The molecule has 0 radical (unpaired) electrons. The summed E-state index contributed by atoms with van der Waals surface area (Å²) in [5.41, 5.74) is 1.05. The molecular weight excluding hydrogens is 173 g/mol. The number of nitrogens with one attached hydrogen (secondary N) is 1. The predicted molar refractivity (Wildman–Crippen MR) is 50.9 cm³/mol. The van der Waals surface area contributed by atoms with Crippen LogP contribution in [0.25, 0.3) is 0 Å². The molecule has 12 heavy (non-hydrogen) atoms. The van der Waals surface area contributed by atoms with Crippen LogP contribution in [0.5, 0.6) is 0 Å². The van der Waals surface area contributed by atoms with Gasteiger partial charge in [0.05, 0.1) is 4.90 Å². The molecule has 0 aliphatic carbocycles. The fourth-order valence-corrected chi connectivity index (χ4v) is 1.57. The van der Waals surface area contributed by atoms with Crippen molar-refractivity contribution >= 4 is 23.3 Å². The standard InChI is InChI=1S/C7H10BNO2S/c1-9-12(10,11)7-4-2-6(8)3-5-7/h2-5,9H,8H2,1H3. The van der Waals surface area contributed by atoms with Crippen LogP contribution >= 0.6 is 0 Å². The third kappa shape index (κ3) is 1.87. The Labute approximate surface area is 73.3 Å². The van der Waals surface area contributed by atoms with Gasteiger partial charge in [0.25, 0.3) is 0 Å². The maximum atomic E-state index is 11.2. The molecule has 64 valence electrons. The zero-order chi connectivity index (χ0) is 9.19. The minimum absolute atomic E-state index is 0.301. The lowest BCUT2D eigenvalue weighted by Crippen LogP contribution is -2.19. The number of benzene rings is 1. The van der Waals surface area contributed by atoms with Gasteiger partial charge < -0.3 is 0 Å². The Kier molecular flexibility index (Phi) is 2.54. The van der Waals surface area contributed by atoms with E-state index in [-0.39, 0.29) is 0 Å². The topological polar surface area (TPSA) is 46.2 Å². The van der Waals surface area contributed by atoms with E-state index in [1.165, 1.54) is 7.05 Å². The first-order valence-electron chi connectivity index (χ1n) is 3.56. The van der Waals surface area contributed by atoms with Gasteiger partial charge in [-0.05, 0) is 19.2 Å².